The minimum atomic E-state index is 0.563. The molecule has 2 aromatic carbocycles. The van der Waals surface area contributed by atoms with Crippen molar-refractivity contribution in [2.45, 2.75) is 13.5 Å². The number of ether oxygens (including phenoxy) is 1. The van der Waals surface area contributed by atoms with Gasteiger partial charge in [-0.05, 0) is 24.1 Å². The molecule has 0 atom stereocenters. The molecule has 0 aliphatic carbocycles. The van der Waals surface area contributed by atoms with Gasteiger partial charge >= 0.3 is 0 Å². The third kappa shape index (κ3) is 4.30. The standard InChI is InChI=1S/C21H19NO/c1-17-15-22-20(13-12-18-8-4-2-5-9-18)14-21(17)23-16-19-10-6-3-7-11-19/h2-15H,16H2,1H3/b13-12-. The number of rotatable bonds is 5. The molecule has 3 aromatic rings. The maximum absolute atomic E-state index is 5.94. The third-order valence-electron chi connectivity index (χ3n) is 3.56. The van der Waals surface area contributed by atoms with Crippen LogP contribution in [-0.4, -0.2) is 4.98 Å². The number of nitrogens with zero attached hydrogens (tertiary/aromatic N) is 1. The fourth-order valence-corrected chi connectivity index (χ4v) is 2.25. The van der Waals surface area contributed by atoms with E-state index in [-0.39, 0.29) is 0 Å². The normalized spacial score (nSPS) is 10.8. The van der Waals surface area contributed by atoms with Gasteiger partial charge in [0.05, 0.1) is 5.69 Å². The lowest BCUT2D eigenvalue weighted by atomic mass is 10.2. The number of hydrogen-bond donors (Lipinski definition) is 0. The monoisotopic (exact) mass is 301 g/mol. The van der Waals surface area contributed by atoms with Crippen molar-refractivity contribution < 1.29 is 4.74 Å². The van der Waals surface area contributed by atoms with Gasteiger partial charge < -0.3 is 4.74 Å². The first-order valence-corrected chi connectivity index (χ1v) is 7.68. The molecule has 1 heterocycles. The van der Waals surface area contributed by atoms with Gasteiger partial charge in [-0.25, -0.2) is 0 Å². The topological polar surface area (TPSA) is 22.1 Å². The van der Waals surface area contributed by atoms with Crippen molar-refractivity contribution in [3.63, 3.8) is 0 Å². The van der Waals surface area contributed by atoms with Crippen LogP contribution in [0.2, 0.25) is 0 Å². The summed E-state index contributed by atoms with van der Waals surface area (Å²) in [5, 5.41) is 0. The molecule has 0 saturated heterocycles. The van der Waals surface area contributed by atoms with E-state index < -0.39 is 0 Å². The van der Waals surface area contributed by atoms with Crippen molar-refractivity contribution in [3.05, 3.63) is 95.3 Å². The minimum absolute atomic E-state index is 0.563. The molecule has 2 heteroatoms. The van der Waals surface area contributed by atoms with E-state index in [4.69, 9.17) is 4.74 Å². The summed E-state index contributed by atoms with van der Waals surface area (Å²) in [6.07, 6.45) is 5.91. The first kappa shape index (κ1) is 15.0. The molecule has 0 unspecified atom stereocenters. The van der Waals surface area contributed by atoms with Gasteiger partial charge in [0, 0.05) is 17.8 Å². The van der Waals surface area contributed by atoms with E-state index in [1.54, 1.807) is 0 Å². The zero-order valence-corrected chi connectivity index (χ0v) is 13.1. The number of benzene rings is 2. The van der Waals surface area contributed by atoms with Crippen molar-refractivity contribution in [1.82, 2.24) is 4.98 Å². The molecular weight excluding hydrogens is 282 g/mol. The van der Waals surface area contributed by atoms with Crippen LogP contribution < -0.4 is 4.74 Å². The SMILES string of the molecule is Cc1cnc(/C=C\c2ccccc2)cc1OCc1ccccc1. The van der Waals surface area contributed by atoms with Gasteiger partial charge in [0.1, 0.15) is 12.4 Å². The number of aryl methyl sites for hydroxylation is 1. The van der Waals surface area contributed by atoms with Crippen LogP contribution in [0.1, 0.15) is 22.4 Å². The molecule has 0 N–H and O–H groups in total. The smallest absolute Gasteiger partial charge is 0.126 e. The summed E-state index contributed by atoms with van der Waals surface area (Å²) < 4.78 is 5.94. The molecule has 2 nitrogen and oxygen atoms in total. The van der Waals surface area contributed by atoms with Crippen LogP contribution >= 0.6 is 0 Å². The summed E-state index contributed by atoms with van der Waals surface area (Å²) in [5.74, 6) is 0.872. The van der Waals surface area contributed by atoms with Crippen molar-refractivity contribution in [2.75, 3.05) is 0 Å². The molecule has 0 spiro atoms. The Kier molecular flexibility index (Phi) is 4.85. The van der Waals surface area contributed by atoms with E-state index in [0.717, 1.165) is 28.1 Å². The van der Waals surface area contributed by atoms with E-state index in [9.17, 15) is 0 Å². The molecule has 0 aliphatic rings. The Morgan fingerprint density at radius 1 is 0.913 bits per heavy atom. The minimum Gasteiger partial charge on any atom is -0.488 e. The first-order chi connectivity index (χ1) is 11.3. The Hall–Kier alpha value is -2.87. The van der Waals surface area contributed by atoms with Crippen LogP contribution in [0.3, 0.4) is 0 Å². The quantitative estimate of drug-likeness (QED) is 0.651. The van der Waals surface area contributed by atoms with Gasteiger partial charge in [0.25, 0.3) is 0 Å². The lowest BCUT2D eigenvalue weighted by Crippen LogP contribution is -1.98. The second kappa shape index (κ2) is 7.41. The highest BCUT2D eigenvalue weighted by molar-refractivity contribution is 5.68. The molecule has 0 radical (unpaired) electrons. The van der Waals surface area contributed by atoms with Crippen molar-refractivity contribution in [1.29, 1.82) is 0 Å². The fourth-order valence-electron chi connectivity index (χ4n) is 2.25. The maximum atomic E-state index is 5.94. The molecular formula is C21H19NO. The molecule has 0 fully saturated rings. The molecule has 1 aromatic heterocycles. The average molecular weight is 301 g/mol. The number of aromatic nitrogens is 1. The van der Waals surface area contributed by atoms with Crippen molar-refractivity contribution in [3.8, 4) is 5.75 Å². The highest BCUT2D eigenvalue weighted by Crippen LogP contribution is 2.20. The molecule has 0 amide bonds. The Bertz CT molecular complexity index is 779. The van der Waals surface area contributed by atoms with Crippen LogP contribution in [0.25, 0.3) is 12.2 Å². The van der Waals surface area contributed by atoms with Gasteiger partial charge in [-0.15, -0.1) is 0 Å². The van der Waals surface area contributed by atoms with E-state index in [2.05, 4.69) is 35.3 Å². The summed E-state index contributed by atoms with van der Waals surface area (Å²) in [5.41, 5.74) is 4.24. The van der Waals surface area contributed by atoms with E-state index in [1.165, 1.54) is 0 Å². The summed E-state index contributed by atoms with van der Waals surface area (Å²) in [7, 11) is 0. The van der Waals surface area contributed by atoms with Crippen LogP contribution in [0.15, 0.2) is 72.9 Å². The predicted octanol–water partition coefficient (Wildman–Crippen LogP) is 5.14. The Morgan fingerprint density at radius 3 is 2.35 bits per heavy atom. The zero-order valence-electron chi connectivity index (χ0n) is 13.1. The number of pyridine rings is 1. The lowest BCUT2D eigenvalue weighted by Gasteiger charge is -2.09. The summed E-state index contributed by atoms with van der Waals surface area (Å²) in [4.78, 5) is 4.44. The van der Waals surface area contributed by atoms with Crippen LogP contribution in [0.5, 0.6) is 5.75 Å². The Balaban J connectivity index is 1.72. The molecule has 0 bridgehead atoms. The van der Waals surface area contributed by atoms with E-state index >= 15 is 0 Å². The summed E-state index contributed by atoms with van der Waals surface area (Å²) >= 11 is 0. The van der Waals surface area contributed by atoms with Gasteiger partial charge in [-0.2, -0.15) is 0 Å². The average Bonchev–Trinajstić information content (AvgIpc) is 2.62. The van der Waals surface area contributed by atoms with Gasteiger partial charge in [0.2, 0.25) is 0 Å². The van der Waals surface area contributed by atoms with Crippen molar-refractivity contribution >= 4 is 12.2 Å². The lowest BCUT2D eigenvalue weighted by molar-refractivity contribution is 0.303. The molecule has 0 saturated carbocycles. The molecule has 3 rings (SSSR count). The fraction of sp³-hybridized carbons (Fsp3) is 0.0952. The Morgan fingerprint density at radius 2 is 1.61 bits per heavy atom. The van der Waals surface area contributed by atoms with Crippen LogP contribution in [-0.2, 0) is 6.61 Å². The molecule has 23 heavy (non-hydrogen) atoms. The highest BCUT2D eigenvalue weighted by atomic mass is 16.5. The third-order valence-corrected chi connectivity index (χ3v) is 3.56. The van der Waals surface area contributed by atoms with Gasteiger partial charge in [-0.1, -0.05) is 66.7 Å². The first-order valence-electron chi connectivity index (χ1n) is 7.68. The second-order valence-corrected chi connectivity index (χ2v) is 5.39. The predicted molar refractivity (Wildman–Crippen MR) is 95.1 cm³/mol. The van der Waals surface area contributed by atoms with E-state index in [1.807, 2.05) is 61.7 Å². The number of hydrogen-bond acceptors (Lipinski definition) is 2. The zero-order chi connectivity index (χ0) is 15.9. The van der Waals surface area contributed by atoms with E-state index in [0.29, 0.717) is 6.61 Å². The van der Waals surface area contributed by atoms with Crippen LogP contribution in [0.4, 0.5) is 0 Å². The summed E-state index contributed by atoms with van der Waals surface area (Å²) in [6, 6.07) is 22.3. The summed E-state index contributed by atoms with van der Waals surface area (Å²) in [6.45, 7) is 2.57. The van der Waals surface area contributed by atoms with Gasteiger partial charge in [-0.3, -0.25) is 4.98 Å². The largest absolute Gasteiger partial charge is 0.488 e. The van der Waals surface area contributed by atoms with Gasteiger partial charge in [0.15, 0.2) is 0 Å². The molecule has 0 aliphatic heterocycles. The van der Waals surface area contributed by atoms with Crippen molar-refractivity contribution in [2.24, 2.45) is 0 Å². The Labute approximate surface area is 137 Å². The maximum Gasteiger partial charge on any atom is 0.126 e. The second-order valence-electron chi connectivity index (χ2n) is 5.39. The highest BCUT2D eigenvalue weighted by Gasteiger charge is 2.02. The molecule has 114 valence electrons. The van der Waals surface area contributed by atoms with Crippen LogP contribution in [0, 0.1) is 6.92 Å².